The van der Waals surface area contributed by atoms with E-state index in [2.05, 4.69) is 22.0 Å². The summed E-state index contributed by atoms with van der Waals surface area (Å²) in [6, 6.07) is 21.0. The van der Waals surface area contributed by atoms with Crippen LogP contribution in [-0.2, 0) is 16.0 Å². The van der Waals surface area contributed by atoms with Crippen molar-refractivity contribution in [3.05, 3.63) is 71.8 Å². The third-order valence-electron chi connectivity index (χ3n) is 4.48. The highest BCUT2D eigenvalue weighted by Gasteiger charge is 2.37. The van der Waals surface area contributed by atoms with Gasteiger partial charge in [-0.05, 0) is 17.5 Å². The van der Waals surface area contributed by atoms with Gasteiger partial charge in [-0.15, -0.1) is 11.8 Å². The van der Waals surface area contributed by atoms with E-state index >= 15 is 0 Å². The van der Waals surface area contributed by atoms with Gasteiger partial charge >= 0.3 is 0 Å². The number of hydrogen-bond donors (Lipinski definition) is 3. The van der Waals surface area contributed by atoms with Crippen LogP contribution in [0.25, 0.3) is 0 Å². The Labute approximate surface area is 168 Å². The van der Waals surface area contributed by atoms with Crippen LogP contribution in [0.15, 0.2) is 60.7 Å². The molecule has 1 heterocycles. The van der Waals surface area contributed by atoms with E-state index < -0.39 is 17.5 Å². The van der Waals surface area contributed by atoms with Gasteiger partial charge in [0.15, 0.2) is 0 Å². The maximum absolute atomic E-state index is 12.3. The normalized spacial score (nSPS) is 21.4. The van der Waals surface area contributed by atoms with Gasteiger partial charge in [0, 0.05) is 6.54 Å². The maximum atomic E-state index is 12.3. The molecule has 0 aromatic heterocycles. The molecule has 1 fully saturated rings. The molecule has 2 aromatic carbocycles. The van der Waals surface area contributed by atoms with Crippen LogP contribution in [0, 0.1) is 17.2 Å². The third-order valence-corrected chi connectivity index (χ3v) is 5.49. The van der Waals surface area contributed by atoms with Crippen molar-refractivity contribution < 1.29 is 9.59 Å². The van der Waals surface area contributed by atoms with Gasteiger partial charge in [0.1, 0.15) is 11.4 Å². The average molecular weight is 394 g/mol. The third kappa shape index (κ3) is 5.35. The lowest BCUT2D eigenvalue weighted by molar-refractivity contribution is -0.126. The number of carbonyl (C=O) groups excluding carboxylic acids is 2. The first-order valence-electron chi connectivity index (χ1n) is 9.10. The second kappa shape index (κ2) is 9.93. The van der Waals surface area contributed by atoms with Crippen molar-refractivity contribution in [1.82, 2.24) is 16.0 Å². The Morgan fingerprint density at radius 3 is 2.46 bits per heavy atom. The van der Waals surface area contributed by atoms with Crippen molar-refractivity contribution in [2.75, 3.05) is 12.3 Å². The summed E-state index contributed by atoms with van der Waals surface area (Å²) in [6.07, 6.45) is 0.773. The first-order chi connectivity index (χ1) is 13.7. The van der Waals surface area contributed by atoms with Crippen LogP contribution in [0.4, 0.5) is 0 Å². The average Bonchev–Trinajstić information content (AvgIpc) is 2.73. The summed E-state index contributed by atoms with van der Waals surface area (Å²) >= 11 is 1.30. The molecule has 0 spiro atoms. The molecule has 0 aliphatic carbocycles. The molecule has 6 nitrogen and oxygen atoms in total. The summed E-state index contributed by atoms with van der Waals surface area (Å²) in [7, 11) is 0. The summed E-state index contributed by atoms with van der Waals surface area (Å²) < 4.78 is 0. The van der Waals surface area contributed by atoms with Crippen molar-refractivity contribution in [2.24, 2.45) is 5.92 Å². The molecule has 1 aliphatic rings. The summed E-state index contributed by atoms with van der Waals surface area (Å²) in [4.78, 5) is 24.4. The summed E-state index contributed by atoms with van der Waals surface area (Å²) in [6.45, 7) is 0.566. The summed E-state index contributed by atoms with van der Waals surface area (Å²) in [5.74, 6) is -1.00. The second-order valence-electron chi connectivity index (χ2n) is 6.45. The van der Waals surface area contributed by atoms with E-state index in [-0.39, 0.29) is 17.6 Å². The van der Waals surface area contributed by atoms with Crippen LogP contribution in [-0.4, -0.2) is 29.6 Å². The first kappa shape index (κ1) is 19.9. The molecule has 28 heavy (non-hydrogen) atoms. The van der Waals surface area contributed by atoms with Gasteiger partial charge in [0.05, 0.1) is 17.9 Å². The summed E-state index contributed by atoms with van der Waals surface area (Å²) in [5.41, 5.74) is 1.62. The van der Waals surface area contributed by atoms with Crippen LogP contribution < -0.4 is 16.0 Å². The molecule has 3 unspecified atom stereocenters. The van der Waals surface area contributed by atoms with Gasteiger partial charge < -0.3 is 10.6 Å². The van der Waals surface area contributed by atoms with Gasteiger partial charge in [0.2, 0.25) is 11.8 Å². The quantitative estimate of drug-likeness (QED) is 0.667. The van der Waals surface area contributed by atoms with Gasteiger partial charge in [-0.25, -0.2) is 0 Å². The molecule has 0 saturated carbocycles. The number of amides is 2. The highest BCUT2D eigenvalue weighted by atomic mass is 32.2. The lowest BCUT2D eigenvalue weighted by Gasteiger charge is -2.34. The Kier molecular flexibility index (Phi) is 7.06. The van der Waals surface area contributed by atoms with Gasteiger partial charge in [0.25, 0.3) is 0 Å². The smallest absolute Gasteiger partial charge is 0.241 e. The van der Waals surface area contributed by atoms with E-state index in [4.69, 9.17) is 0 Å². The molecule has 0 radical (unpaired) electrons. The predicted molar refractivity (Wildman–Crippen MR) is 109 cm³/mol. The number of benzene rings is 2. The highest BCUT2D eigenvalue weighted by Crippen LogP contribution is 2.27. The lowest BCUT2D eigenvalue weighted by Crippen LogP contribution is -2.56. The van der Waals surface area contributed by atoms with Crippen molar-refractivity contribution in [3.8, 4) is 6.07 Å². The van der Waals surface area contributed by atoms with Crippen LogP contribution >= 0.6 is 11.8 Å². The number of nitriles is 1. The minimum absolute atomic E-state index is 0.0874. The molecule has 3 rings (SSSR count). The summed E-state index contributed by atoms with van der Waals surface area (Å²) in [5, 5.41) is 18.3. The number of thioether (sulfide) groups is 1. The number of nitrogens with zero attached hydrogens (tertiary/aromatic N) is 1. The topological polar surface area (TPSA) is 94.0 Å². The second-order valence-corrected chi connectivity index (χ2v) is 7.54. The fourth-order valence-electron chi connectivity index (χ4n) is 3.04. The number of rotatable bonds is 7. The van der Waals surface area contributed by atoms with Crippen molar-refractivity contribution in [3.63, 3.8) is 0 Å². The Morgan fingerprint density at radius 1 is 1.11 bits per heavy atom. The fraction of sp³-hybridized carbons (Fsp3) is 0.286. The van der Waals surface area contributed by atoms with Crippen molar-refractivity contribution >= 4 is 23.6 Å². The van der Waals surface area contributed by atoms with E-state index in [9.17, 15) is 14.9 Å². The zero-order valence-electron chi connectivity index (χ0n) is 15.3. The van der Waals surface area contributed by atoms with E-state index in [1.54, 1.807) is 0 Å². The highest BCUT2D eigenvalue weighted by molar-refractivity contribution is 8.00. The van der Waals surface area contributed by atoms with Crippen LogP contribution in [0.2, 0.25) is 0 Å². The Balaban J connectivity index is 1.49. The standard InChI is InChI=1S/C21H22N4O2S/c22-13-17-19(16-9-5-2-6-10-16)24-21(25-20(17)27)28-14-18(26)23-12-11-15-7-3-1-4-8-15/h1-10,17,19,21,24H,11-12,14H2,(H,23,26)(H,25,27). The molecule has 2 aromatic rings. The molecule has 7 heteroatoms. The van der Waals surface area contributed by atoms with Crippen molar-refractivity contribution in [2.45, 2.75) is 18.0 Å². The SMILES string of the molecule is N#CC1C(=O)NC(SCC(=O)NCCc2ccccc2)NC1c1ccccc1. The Bertz CT molecular complexity index is 838. The lowest BCUT2D eigenvalue weighted by atomic mass is 9.92. The molecule has 0 bridgehead atoms. The minimum Gasteiger partial charge on any atom is -0.355 e. The monoisotopic (exact) mass is 394 g/mol. The van der Waals surface area contributed by atoms with Gasteiger partial charge in [-0.3, -0.25) is 14.9 Å². The maximum Gasteiger partial charge on any atom is 0.241 e. The molecule has 3 N–H and O–H groups in total. The first-order valence-corrected chi connectivity index (χ1v) is 10.2. The van der Waals surface area contributed by atoms with E-state index in [0.29, 0.717) is 6.54 Å². The molecule has 3 atom stereocenters. The van der Waals surface area contributed by atoms with E-state index in [0.717, 1.165) is 12.0 Å². The van der Waals surface area contributed by atoms with E-state index in [1.807, 2.05) is 60.7 Å². The van der Waals surface area contributed by atoms with Crippen LogP contribution in [0.3, 0.4) is 0 Å². The van der Waals surface area contributed by atoms with Crippen LogP contribution in [0.5, 0.6) is 0 Å². The molecular weight excluding hydrogens is 372 g/mol. The fourth-order valence-corrected chi connectivity index (χ4v) is 3.91. The Morgan fingerprint density at radius 2 is 1.79 bits per heavy atom. The minimum atomic E-state index is -0.807. The number of carbonyl (C=O) groups is 2. The molecule has 2 amide bonds. The molecular formula is C21H22N4O2S. The zero-order chi connectivity index (χ0) is 19.8. The molecule has 1 aliphatic heterocycles. The van der Waals surface area contributed by atoms with Gasteiger partial charge in [-0.2, -0.15) is 5.26 Å². The van der Waals surface area contributed by atoms with Crippen LogP contribution in [0.1, 0.15) is 17.2 Å². The molecule has 144 valence electrons. The van der Waals surface area contributed by atoms with E-state index in [1.165, 1.54) is 17.3 Å². The van der Waals surface area contributed by atoms with Crippen molar-refractivity contribution in [1.29, 1.82) is 5.26 Å². The Hall–Kier alpha value is -2.82. The number of hydrogen-bond acceptors (Lipinski definition) is 5. The zero-order valence-corrected chi connectivity index (χ0v) is 16.1. The number of nitrogens with one attached hydrogen (secondary N) is 3. The predicted octanol–water partition coefficient (Wildman–Crippen LogP) is 1.96. The molecule has 1 saturated heterocycles. The largest absolute Gasteiger partial charge is 0.355 e. The van der Waals surface area contributed by atoms with Gasteiger partial charge in [-0.1, -0.05) is 60.7 Å².